The summed E-state index contributed by atoms with van der Waals surface area (Å²) in [6.07, 6.45) is 5.20. The van der Waals surface area contributed by atoms with Crippen molar-refractivity contribution in [2.75, 3.05) is 19.7 Å². The number of likely N-dealkylation sites (tertiary alicyclic amines) is 1. The highest BCUT2D eigenvalue weighted by Gasteiger charge is 2.25. The lowest BCUT2D eigenvalue weighted by molar-refractivity contribution is -0.00144. The van der Waals surface area contributed by atoms with Crippen molar-refractivity contribution in [3.63, 3.8) is 0 Å². The molecule has 0 bridgehead atoms. The number of hydrogen-bond donors (Lipinski definition) is 0. The van der Waals surface area contributed by atoms with Crippen molar-refractivity contribution >= 4 is 0 Å². The molecule has 1 aliphatic rings. The van der Waals surface area contributed by atoms with Crippen LogP contribution >= 0.6 is 0 Å². The molecular weight excluding hydrogens is 393 g/mol. The minimum atomic E-state index is -0.541. The lowest BCUT2D eigenvalue weighted by atomic mass is 9.92. The Morgan fingerprint density at radius 1 is 1.06 bits per heavy atom. The van der Waals surface area contributed by atoms with Crippen molar-refractivity contribution in [2.45, 2.75) is 45.3 Å². The van der Waals surface area contributed by atoms with E-state index in [1.807, 2.05) is 18.2 Å². The molecule has 1 unspecified atom stereocenters. The topological polar surface area (TPSA) is 69.3 Å². The molecule has 0 spiro atoms. The van der Waals surface area contributed by atoms with E-state index in [2.05, 4.69) is 17.9 Å². The molecule has 1 atom stereocenters. The highest BCUT2D eigenvalue weighted by Crippen LogP contribution is 2.26. The second kappa shape index (κ2) is 11.3. The van der Waals surface area contributed by atoms with Gasteiger partial charge in [-0.15, -0.1) is 0 Å². The van der Waals surface area contributed by atoms with Crippen molar-refractivity contribution in [3.05, 3.63) is 59.4 Å². The Hall–Kier alpha value is -3.09. The largest absolute Gasteiger partial charge is 0.493 e. The number of halogens is 1. The van der Waals surface area contributed by atoms with Gasteiger partial charge in [-0.05, 0) is 74.4 Å². The molecule has 0 saturated carbocycles. The number of rotatable bonds is 9. The van der Waals surface area contributed by atoms with Gasteiger partial charge >= 0.3 is 0 Å². The summed E-state index contributed by atoms with van der Waals surface area (Å²) in [6, 6.07) is 15.6. The highest BCUT2D eigenvalue weighted by molar-refractivity contribution is 5.36. The van der Waals surface area contributed by atoms with Crippen LogP contribution in [0.25, 0.3) is 0 Å². The summed E-state index contributed by atoms with van der Waals surface area (Å²) in [4.78, 5) is 2.39. The molecule has 0 aliphatic carbocycles. The van der Waals surface area contributed by atoms with E-state index < -0.39 is 5.82 Å². The molecule has 2 aromatic rings. The zero-order chi connectivity index (χ0) is 22.1. The summed E-state index contributed by atoms with van der Waals surface area (Å²) in [6.45, 7) is 4.68. The van der Waals surface area contributed by atoms with Crippen LogP contribution in [0.2, 0.25) is 0 Å². The second-order valence-corrected chi connectivity index (χ2v) is 7.84. The monoisotopic (exact) mass is 421 g/mol. The first-order chi connectivity index (χ1) is 15.1. The fraction of sp³-hybridized carbons (Fsp3) is 0.440. The van der Waals surface area contributed by atoms with Gasteiger partial charge in [0.25, 0.3) is 0 Å². The van der Waals surface area contributed by atoms with Crippen molar-refractivity contribution in [3.8, 4) is 23.6 Å². The minimum Gasteiger partial charge on any atom is -0.493 e. The van der Waals surface area contributed by atoms with Crippen LogP contribution in [0.4, 0.5) is 4.39 Å². The van der Waals surface area contributed by atoms with Gasteiger partial charge in [0, 0.05) is 19.2 Å². The van der Waals surface area contributed by atoms with Crippen molar-refractivity contribution in [1.82, 2.24) is 4.90 Å². The minimum absolute atomic E-state index is 0.0349. The zero-order valence-electron chi connectivity index (χ0n) is 17.9. The van der Waals surface area contributed by atoms with Crippen LogP contribution in [-0.2, 0) is 0 Å². The fourth-order valence-corrected chi connectivity index (χ4v) is 3.95. The van der Waals surface area contributed by atoms with E-state index in [9.17, 15) is 4.39 Å². The standard InChI is InChI=1S/C25H28FN3O2/c1-2-25(31-22-8-5-20(17-27)6-9-22)29-13-11-19(12-14-29)4-3-15-30-23-10-7-21(18-28)24(26)16-23/h5-10,16,19,25H,2-4,11-15H2,1H3. The summed E-state index contributed by atoms with van der Waals surface area (Å²) in [5.74, 6) is 1.38. The number of hydrogen-bond acceptors (Lipinski definition) is 5. The molecule has 3 rings (SSSR count). The van der Waals surface area contributed by atoms with Crippen molar-refractivity contribution in [2.24, 2.45) is 5.92 Å². The Bertz CT molecular complexity index is 925. The fourth-order valence-electron chi connectivity index (χ4n) is 3.95. The van der Waals surface area contributed by atoms with Gasteiger partial charge in [0.05, 0.1) is 23.8 Å². The number of nitriles is 2. The van der Waals surface area contributed by atoms with Gasteiger partial charge in [0.1, 0.15) is 23.4 Å². The van der Waals surface area contributed by atoms with Crippen LogP contribution in [0, 0.1) is 34.4 Å². The summed E-state index contributed by atoms with van der Waals surface area (Å²) in [5.41, 5.74) is 0.669. The third-order valence-corrected chi connectivity index (χ3v) is 5.75. The van der Waals surface area contributed by atoms with Crippen LogP contribution in [0.3, 0.4) is 0 Å². The maximum atomic E-state index is 13.6. The average Bonchev–Trinajstić information content (AvgIpc) is 2.81. The predicted molar refractivity (Wildman–Crippen MR) is 116 cm³/mol. The highest BCUT2D eigenvalue weighted by atomic mass is 19.1. The van der Waals surface area contributed by atoms with E-state index in [0.29, 0.717) is 23.8 Å². The van der Waals surface area contributed by atoms with Crippen LogP contribution in [0.15, 0.2) is 42.5 Å². The van der Waals surface area contributed by atoms with E-state index in [1.54, 1.807) is 18.2 Å². The molecule has 6 heteroatoms. The third kappa shape index (κ3) is 6.44. The molecule has 162 valence electrons. The Morgan fingerprint density at radius 3 is 2.39 bits per heavy atom. The van der Waals surface area contributed by atoms with E-state index >= 15 is 0 Å². The Labute approximate surface area is 183 Å². The first-order valence-corrected chi connectivity index (χ1v) is 10.9. The third-order valence-electron chi connectivity index (χ3n) is 5.75. The molecule has 2 aromatic carbocycles. The first-order valence-electron chi connectivity index (χ1n) is 10.9. The second-order valence-electron chi connectivity index (χ2n) is 7.84. The normalized spacial score (nSPS) is 15.6. The maximum absolute atomic E-state index is 13.6. The molecule has 31 heavy (non-hydrogen) atoms. The smallest absolute Gasteiger partial charge is 0.152 e. The van der Waals surface area contributed by atoms with Gasteiger partial charge in [-0.2, -0.15) is 10.5 Å². The molecule has 0 amide bonds. The summed E-state index contributed by atoms with van der Waals surface area (Å²) in [7, 11) is 0. The lowest BCUT2D eigenvalue weighted by Gasteiger charge is -2.37. The molecule has 1 saturated heterocycles. The van der Waals surface area contributed by atoms with E-state index in [0.717, 1.165) is 50.9 Å². The molecule has 1 heterocycles. The van der Waals surface area contributed by atoms with E-state index in [1.165, 1.54) is 12.1 Å². The summed E-state index contributed by atoms with van der Waals surface area (Å²) >= 11 is 0. The zero-order valence-corrected chi connectivity index (χ0v) is 17.9. The van der Waals surface area contributed by atoms with Crippen molar-refractivity contribution in [1.29, 1.82) is 10.5 Å². The van der Waals surface area contributed by atoms with Gasteiger partial charge in [0.15, 0.2) is 6.23 Å². The van der Waals surface area contributed by atoms with Crippen LogP contribution in [0.5, 0.6) is 11.5 Å². The predicted octanol–water partition coefficient (Wildman–Crippen LogP) is 5.26. The van der Waals surface area contributed by atoms with Crippen LogP contribution in [0.1, 0.15) is 50.2 Å². The average molecular weight is 422 g/mol. The Balaban J connectivity index is 1.38. The number of ether oxygens (including phenoxy) is 2. The SMILES string of the molecule is CCC(Oc1ccc(C#N)cc1)N1CCC(CCCOc2ccc(C#N)c(F)c2)CC1. The summed E-state index contributed by atoms with van der Waals surface area (Å²) < 4.78 is 25.4. The van der Waals surface area contributed by atoms with Gasteiger partial charge in [-0.25, -0.2) is 4.39 Å². The lowest BCUT2D eigenvalue weighted by Crippen LogP contribution is -2.44. The van der Waals surface area contributed by atoms with Gasteiger partial charge in [0.2, 0.25) is 0 Å². The van der Waals surface area contributed by atoms with E-state index in [-0.39, 0.29) is 11.8 Å². The number of nitrogens with zero attached hydrogens (tertiary/aromatic N) is 3. The number of benzene rings is 2. The first kappa shape index (κ1) is 22.6. The van der Waals surface area contributed by atoms with Gasteiger partial charge in [-0.3, -0.25) is 4.90 Å². The maximum Gasteiger partial charge on any atom is 0.152 e. The molecule has 1 aliphatic heterocycles. The Morgan fingerprint density at radius 2 is 1.77 bits per heavy atom. The summed E-state index contributed by atoms with van der Waals surface area (Å²) in [5, 5.41) is 17.7. The van der Waals surface area contributed by atoms with Crippen LogP contribution in [-0.4, -0.2) is 30.8 Å². The molecular formula is C25H28FN3O2. The Kier molecular flexibility index (Phi) is 8.27. The molecule has 1 fully saturated rings. The van der Waals surface area contributed by atoms with Gasteiger partial charge in [-0.1, -0.05) is 6.92 Å². The quantitative estimate of drug-likeness (QED) is 0.517. The molecule has 5 nitrogen and oxygen atoms in total. The van der Waals surface area contributed by atoms with Gasteiger partial charge < -0.3 is 9.47 Å². The number of piperidine rings is 1. The molecule has 0 aromatic heterocycles. The molecule has 0 radical (unpaired) electrons. The van der Waals surface area contributed by atoms with Crippen molar-refractivity contribution < 1.29 is 13.9 Å². The van der Waals surface area contributed by atoms with Crippen LogP contribution < -0.4 is 9.47 Å². The van der Waals surface area contributed by atoms with E-state index in [4.69, 9.17) is 20.0 Å². The molecule has 0 N–H and O–H groups in total.